The van der Waals surface area contributed by atoms with Crippen molar-refractivity contribution in [2.75, 3.05) is 7.05 Å². The van der Waals surface area contributed by atoms with Gasteiger partial charge in [-0.1, -0.05) is 53.0 Å². The zero-order valence-electron chi connectivity index (χ0n) is 15.1. The van der Waals surface area contributed by atoms with E-state index < -0.39 is 15.6 Å². The first-order valence-electron chi connectivity index (χ1n) is 8.38. The zero-order chi connectivity index (χ0) is 20.6. The number of nitriles is 1. The average molecular weight is 437 g/mol. The van der Waals surface area contributed by atoms with Gasteiger partial charge in [-0.2, -0.15) is 5.26 Å². The van der Waals surface area contributed by atoms with Crippen molar-refractivity contribution in [3.8, 4) is 6.07 Å². The Morgan fingerprint density at radius 3 is 2.50 bits per heavy atom. The van der Waals surface area contributed by atoms with E-state index in [-0.39, 0.29) is 23.4 Å². The maximum Gasteiger partial charge on any atom is 0.253 e. The number of carbonyl (C=O) groups is 2. The summed E-state index contributed by atoms with van der Waals surface area (Å²) in [4.78, 5) is 26.8. The van der Waals surface area contributed by atoms with Crippen LogP contribution in [-0.4, -0.2) is 37.9 Å². The molecule has 0 fully saturated rings. The molecule has 1 aliphatic rings. The SMILES string of the molecule is CN1C=C(C(=O)C(Cl)(Cl)Cl)C=C(C#N)C1CC(=O)c1cc2ccccc2n1C. The van der Waals surface area contributed by atoms with Crippen LogP contribution in [0.2, 0.25) is 0 Å². The Morgan fingerprint density at radius 1 is 1.21 bits per heavy atom. The molecule has 28 heavy (non-hydrogen) atoms. The highest BCUT2D eigenvalue weighted by atomic mass is 35.6. The Hall–Kier alpha value is -2.26. The second-order valence-electron chi connectivity index (χ2n) is 6.58. The van der Waals surface area contributed by atoms with Gasteiger partial charge >= 0.3 is 0 Å². The van der Waals surface area contributed by atoms with E-state index in [1.807, 2.05) is 41.9 Å². The Kier molecular flexibility index (Phi) is 5.58. The normalized spacial score (nSPS) is 17.1. The molecule has 3 rings (SSSR count). The molecule has 1 unspecified atom stereocenters. The third-order valence-corrected chi connectivity index (χ3v) is 5.28. The van der Waals surface area contributed by atoms with Crippen LogP contribution >= 0.6 is 34.8 Å². The van der Waals surface area contributed by atoms with Gasteiger partial charge in [0.2, 0.25) is 5.78 Å². The summed E-state index contributed by atoms with van der Waals surface area (Å²) in [7, 11) is 3.51. The molecule has 0 bridgehead atoms. The van der Waals surface area contributed by atoms with Gasteiger partial charge in [-0.05, 0) is 18.2 Å². The molecule has 0 spiro atoms. The summed E-state index contributed by atoms with van der Waals surface area (Å²) < 4.78 is -0.278. The van der Waals surface area contributed by atoms with Crippen LogP contribution in [-0.2, 0) is 11.8 Å². The van der Waals surface area contributed by atoms with Gasteiger partial charge in [-0.15, -0.1) is 0 Å². The number of aryl methyl sites for hydroxylation is 1. The summed E-state index contributed by atoms with van der Waals surface area (Å²) >= 11 is 17.0. The van der Waals surface area contributed by atoms with Crippen LogP contribution in [0.1, 0.15) is 16.9 Å². The molecular weight excluding hydrogens is 421 g/mol. The summed E-state index contributed by atoms with van der Waals surface area (Å²) in [6, 6.07) is 11.1. The molecule has 0 amide bonds. The first kappa shape index (κ1) is 20.5. The number of likely N-dealkylation sites (N-methyl/N-ethyl adjacent to an activating group) is 1. The number of hydrogen-bond acceptors (Lipinski definition) is 4. The van der Waals surface area contributed by atoms with E-state index in [4.69, 9.17) is 34.8 Å². The molecule has 2 heterocycles. The van der Waals surface area contributed by atoms with E-state index in [2.05, 4.69) is 6.07 Å². The molecule has 0 aliphatic carbocycles. The highest BCUT2D eigenvalue weighted by Gasteiger charge is 2.36. The van der Waals surface area contributed by atoms with Crippen molar-refractivity contribution in [1.29, 1.82) is 5.26 Å². The number of para-hydroxylation sites is 1. The molecule has 5 nitrogen and oxygen atoms in total. The summed E-state index contributed by atoms with van der Waals surface area (Å²) in [6.45, 7) is 0. The minimum Gasteiger partial charge on any atom is -0.372 e. The van der Waals surface area contributed by atoms with Gasteiger partial charge in [0, 0.05) is 43.2 Å². The molecule has 0 saturated heterocycles. The fraction of sp³-hybridized carbons (Fsp3) is 0.250. The van der Waals surface area contributed by atoms with Crippen molar-refractivity contribution in [2.45, 2.75) is 16.3 Å². The molecule has 1 aromatic carbocycles. The van der Waals surface area contributed by atoms with E-state index >= 15 is 0 Å². The number of aromatic nitrogens is 1. The van der Waals surface area contributed by atoms with Crippen LogP contribution in [0, 0.1) is 11.3 Å². The van der Waals surface area contributed by atoms with Gasteiger partial charge < -0.3 is 9.47 Å². The van der Waals surface area contributed by atoms with Crippen molar-refractivity contribution < 1.29 is 9.59 Å². The number of benzene rings is 1. The lowest BCUT2D eigenvalue weighted by Crippen LogP contribution is -2.36. The molecule has 1 aliphatic heterocycles. The highest BCUT2D eigenvalue weighted by molar-refractivity contribution is 6.77. The van der Waals surface area contributed by atoms with Crippen LogP contribution in [0.3, 0.4) is 0 Å². The fourth-order valence-corrected chi connectivity index (χ4v) is 3.64. The van der Waals surface area contributed by atoms with Crippen molar-refractivity contribution in [1.82, 2.24) is 9.47 Å². The van der Waals surface area contributed by atoms with E-state index in [0.717, 1.165) is 10.9 Å². The molecule has 0 N–H and O–H groups in total. The number of nitrogens with zero attached hydrogens (tertiary/aromatic N) is 3. The first-order chi connectivity index (χ1) is 13.1. The summed E-state index contributed by atoms with van der Waals surface area (Å²) in [5, 5.41) is 10.5. The van der Waals surface area contributed by atoms with E-state index in [1.165, 1.54) is 12.3 Å². The number of Topliss-reactive ketones (excluding diaryl/α,β-unsaturated/α-hetero) is 2. The zero-order valence-corrected chi connectivity index (χ0v) is 17.4. The van der Waals surface area contributed by atoms with Crippen LogP contribution in [0.25, 0.3) is 10.9 Å². The van der Waals surface area contributed by atoms with Gasteiger partial charge in [0.1, 0.15) is 0 Å². The van der Waals surface area contributed by atoms with Crippen molar-refractivity contribution in [2.24, 2.45) is 7.05 Å². The highest BCUT2D eigenvalue weighted by Crippen LogP contribution is 2.33. The summed E-state index contributed by atoms with van der Waals surface area (Å²) in [5.74, 6) is -0.836. The van der Waals surface area contributed by atoms with E-state index in [1.54, 1.807) is 11.9 Å². The van der Waals surface area contributed by atoms with Crippen molar-refractivity contribution >= 4 is 57.3 Å². The number of carbonyl (C=O) groups excluding carboxylic acids is 2. The second-order valence-corrected chi connectivity index (χ2v) is 8.86. The maximum absolute atomic E-state index is 12.9. The lowest BCUT2D eigenvalue weighted by molar-refractivity contribution is -0.114. The minimum absolute atomic E-state index is 0.0752. The summed E-state index contributed by atoms with van der Waals surface area (Å²) in [6.07, 6.45) is 2.94. The summed E-state index contributed by atoms with van der Waals surface area (Å²) in [5.41, 5.74) is 1.87. The number of rotatable bonds is 4. The van der Waals surface area contributed by atoms with Crippen LogP contribution in [0.5, 0.6) is 0 Å². The molecule has 8 heteroatoms. The van der Waals surface area contributed by atoms with Gasteiger partial charge in [-0.25, -0.2) is 0 Å². The molecular formula is C20H16Cl3N3O2. The molecule has 144 valence electrons. The number of halogens is 3. The third kappa shape index (κ3) is 3.81. The van der Waals surface area contributed by atoms with Crippen LogP contribution in [0.4, 0.5) is 0 Å². The molecule has 1 atom stereocenters. The first-order valence-corrected chi connectivity index (χ1v) is 9.51. The lowest BCUT2D eigenvalue weighted by Gasteiger charge is -2.30. The second kappa shape index (κ2) is 7.63. The molecule has 2 aromatic rings. The Morgan fingerprint density at radius 2 is 1.89 bits per heavy atom. The lowest BCUT2D eigenvalue weighted by atomic mass is 9.94. The number of ketones is 2. The molecule has 0 radical (unpaired) electrons. The maximum atomic E-state index is 12.9. The molecule has 0 saturated carbocycles. The predicted molar refractivity (Wildman–Crippen MR) is 110 cm³/mol. The number of alkyl halides is 3. The van der Waals surface area contributed by atoms with E-state index in [0.29, 0.717) is 5.69 Å². The number of hydrogen-bond donors (Lipinski definition) is 0. The van der Waals surface area contributed by atoms with Gasteiger partial charge in [0.25, 0.3) is 3.79 Å². The van der Waals surface area contributed by atoms with Gasteiger partial charge in [-0.3, -0.25) is 9.59 Å². The van der Waals surface area contributed by atoms with Crippen molar-refractivity contribution in [3.63, 3.8) is 0 Å². The van der Waals surface area contributed by atoms with Crippen LogP contribution in [0.15, 0.2) is 53.8 Å². The van der Waals surface area contributed by atoms with Crippen molar-refractivity contribution in [3.05, 3.63) is 59.4 Å². The minimum atomic E-state index is -2.12. The third-order valence-electron chi connectivity index (χ3n) is 4.77. The Balaban J connectivity index is 1.88. The average Bonchev–Trinajstić information content (AvgIpc) is 2.99. The fourth-order valence-electron chi connectivity index (χ4n) is 3.31. The smallest absolute Gasteiger partial charge is 0.253 e. The largest absolute Gasteiger partial charge is 0.372 e. The Labute approximate surface area is 177 Å². The quantitative estimate of drug-likeness (QED) is 0.528. The molecule has 1 aromatic heterocycles. The predicted octanol–water partition coefficient (Wildman–Crippen LogP) is 4.34. The van der Waals surface area contributed by atoms with Gasteiger partial charge in [0.05, 0.1) is 23.4 Å². The standard InChI is InChI=1S/C20H16Cl3N3O2/c1-25-11-14(19(28)20(21,22)23)7-13(10-24)16(25)9-18(27)17-8-12-5-3-4-6-15(12)26(17)2/h3-8,11,16H,9H2,1-2H3. The number of allylic oxidation sites excluding steroid dienone is 2. The van der Waals surface area contributed by atoms with Gasteiger partial charge in [0.15, 0.2) is 5.78 Å². The monoisotopic (exact) mass is 435 g/mol. The topological polar surface area (TPSA) is 66.1 Å². The Bertz CT molecular complexity index is 1070. The van der Waals surface area contributed by atoms with Crippen LogP contribution < -0.4 is 0 Å². The van der Waals surface area contributed by atoms with E-state index in [9.17, 15) is 14.9 Å². The number of fused-ring (bicyclic) bond motifs is 1.